The lowest BCUT2D eigenvalue weighted by atomic mass is 10.2. The summed E-state index contributed by atoms with van der Waals surface area (Å²) in [7, 11) is 0. The zero-order chi connectivity index (χ0) is 18.5. The Morgan fingerprint density at radius 3 is 2.58 bits per heavy atom. The Bertz CT molecular complexity index is 844. The van der Waals surface area contributed by atoms with Gasteiger partial charge in [0.05, 0.1) is 4.47 Å². The summed E-state index contributed by atoms with van der Waals surface area (Å²) in [5, 5.41) is 4.76. The van der Waals surface area contributed by atoms with Gasteiger partial charge in [-0.1, -0.05) is 15.9 Å². The molecule has 0 aliphatic carbocycles. The number of carbonyl (C=O) groups excluding carboxylic acids is 2. The second kappa shape index (κ2) is 8.41. The molecule has 26 heavy (non-hydrogen) atoms. The summed E-state index contributed by atoms with van der Waals surface area (Å²) in [6.07, 6.45) is 0. The summed E-state index contributed by atoms with van der Waals surface area (Å²) >= 11 is 6.66. The first-order valence-corrected chi connectivity index (χ1v) is 9.18. The number of ether oxygens (including phenoxy) is 3. The molecule has 0 saturated carbocycles. The number of nitrogens with one attached hydrogen (secondary N) is 2. The van der Waals surface area contributed by atoms with E-state index in [-0.39, 0.29) is 6.61 Å². The molecule has 2 aromatic rings. The number of hydrogen-bond donors (Lipinski definition) is 2. The number of hydrogen-bond acceptors (Lipinski definition) is 5. The number of carbonyl (C=O) groups is 2. The lowest BCUT2D eigenvalue weighted by molar-refractivity contribution is -0.121. The van der Waals surface area contributed by atoms with E-state index in [2.05, 4.69) is 42.5 Å². The van der Waals surface area contributed by atoms with Crippen molar-refractivity contribution in [2.45, 2.75) is 0 Å². The molecule has 3 rings (SSSR count). The zero-order valence-corrected chi connectivity index (χ0v) is 16.6. The molecule has 0 atom stereocenters. The van der Waals surface area contributed by atoms with Crippen molar-refractivity contribution in [1.82, 2.24) is 5.32 Å². The van der Waals surface area contributed by atoms with Gasteiger partial charge in [0.25, 0.3) is 5.91 Å². The summed E-state index contributed by atoms with van der Waals surface area (Å²) < 4.78 is 17.8. The minimum absolute atomic E-state index is 0.297. The molecule has 2 aromatic carbocycles. The predicted molar refractivity (Wildman–Crippen MR) is 102 cm³/mol. The van der Waals surface area contributed by atoms with Gasteiger partial charge in [-0.3, -0.25) is 10.1 Å². The van der Waals surface area contributed by atoms with Gasteiger partial charge in [-0.05, 0) is 46.3 Å². The van der Waals surface area contributed by atoms with Crippen LogP contribution < -0.4 is 24.8 Å². The van der Waals surface area contributed by atoms with Crippen LogP contribution in [0.2, 0.25) is 0 Å². The fourth-order valence-corrected chi connectivity index (χ4v) is 3.34. The third-order valence-corrected chi connectivity index (χ3v) is 4.42. The van der Waals surface area contributed by atoms with E-state index in [1.165, 1.54) is 0 Å². The van der Waals surface area contributed by atoms with E-state index in [9.17, 15) is 9.59 Å². The van der Waals surface area contributed by atoms with E-state index in [0.29, 0.717) is 40.6 Å². The fraction of sp³-hybridized carbons (Fsp3) is 0.176. The van der Waals surface area contributed by atoms with E-state index in [1.54, 1.807) is 36.4 Å². The molecular formula is C17H14Br2N2O5. The van der Waals surface area contributed by atoms with Gasteiger partial charge in [0.15, 0.2) is 18.1 Å². The normalized spacial score (nSPS) is 12.2. The Labute approximate surface area is 166 Å². The summed E-state index contributed by atoms with van der Waals surface area (Å²) in [6, 6.07) is 9.61. The van der Waals surface area contributed by atoms with Crippen LogP contribution in [-0.2, 0) is 4.79 Å². The van der Waals surface area contributed by atoms with Crippen molar-refractivity contribution >= 4 is 49.5 Å². The van der Waals surface area contributed by atoms with Crippen LogP contribution in [0.15, 0.2) is 45.3 Å². The molecule has 3 amide bonds. The van der Waals surface area contributed by atoms with Crippen molar-refractivity contribution < 1.29 is 23.8 Å². The number of benzene rings is 2. The molecule has 7 nitrogen and oxygen atoms in total. The number of halogens is 2. The van der Waals surface area contributed by atoms with Crippen molar-refractivity contribution in [3.63, 3.8) is 0 Å². The van der Waals surface area contributed by atoms with Gasteiger partial charge in [0.1, 0.15) is 19.0 Å². The standard InChI is InChI=1S/C17H14Br2N2O5/c18-10-1-3-13(12(19)7-10)26-9-16(22)21-17(23)20-11-2-4-14-15(8-11)25-6-5-24-14/h1-4,7-8H,5-6,9H2,(H2,20,21,22,23). The molecule has 1 aliphatic heterocycles. The molecule has 0 saturated heterocycles. The number of imide groups is 1. The van der Waals surface area contributed by atoms with Crippen molar-refractivity contribution in [2.24, 2.45) is 0 Å². The average molecular weight is 486 g/mol. The quantitative estimate of drug-likeness (QED) is 0.689. The molecule has 0 radical (unpaired) electrons. The number of urea groups is 1. The van der Waals surface area contributed by atoms with Crippen LogP contribution in [0.25, 0.3) is 0 Å². The first-order chi connectivity index (χ1) is 12.5. The Kier molecular flexibility index (Phi) is 6.00. The van der Waals surface area contributed by atoms with Crippen molar-refractivity contribution in [2.75, 3.05) is 25.1 Å². The SMILES string of the molecule is O=C(COc1ccc(Br)cc1Br)NC(=O)Nc1ccc2c(c1)OCCO2. The topological polar surface area (TPSA) is 85.9 Å². The Hall–Kier alpha value is -2.26. The van der Waals surface area contributed by atoms with Crippen molar-refractivity contribution in [1.29, 1.82) is 0 Å². The van der Waals surface area contributed by atoms with Gasteiger partial charge in [0, 0.05) is 16.2 Å². The highest BCUT2D eigenvalue weighted by atomic mass is 79.9. The molecule has 9 heteroatoms. The van der Waals surface area contributed by atoms with Gasteiger partial charge >= 0.3 is 6.03 Å². The van der Waals surface area contributed by atoms with E-state index in [1.807, 2.05) is 0 Å². The summed E-state index contributed by atoms with van der Waals surface area (Å²) in [5.74, 6) is 1.08. The molecule has 0 fully saturated rings. The number of amides is 3. The highest BCUT2D eigenvalue weighted by Gasteiger charge is 2.14. The molecule has 2 N–H and O–H groups in total. The number of fused-ring (bicyclic) bond motifs is 1. The lowest BCUT2D eigenvalue weighted by Crippen LogP contribution is -2.37. The number of rotatable bonds is 4. The van der Waals surface area contributed by atoms with E-state index < -0.39 is 11.9 Å². The van der Waals surface area contributed by atoms with Gasteiger partial charge in [-0.25, -0.2) is 4.79 Å². The maximum absolute atomic E-state index is 11.9. The van der Waals surface area contributed by atoms with Crippen LogP contribution in [0, 0.1) is 0 Å². The van der Waals surface area contributed by atoms with Crippen LogP contribution in [-0.4, -0.2) is 31.8 Å². The maximum Gasteiger partial charge on any atom is 0.325 e. The summed E-state index contributed by atoms with van der Waals surface area (Å²) in [4.78, 5) is 23.8. The minimum atomic E-state index is -0.662. The highest BCUT2D eigenvalue weighted by molar-refractivity contribution is 9.11. The van der Waals surface area contributed by atoms with Crippen molar-refractivity contribution in [3.8, 4) is 17.2 Å². The first-order valence-electron chi connectivity index (χ1n) is 7.59. The van der Waals surface area contributed by atoms with E-state index >= 15 is 0 Å². The summed E-state index contributed by atoms with van der Waals surface area (Å²) in [6.45, 7) is 0.641. The second-order valence-electron chi connectivity index (χ2n) is 5.22. The predicted octanol–water partition coefficient (Wildman–Crippen LogP) is 3.71. The maximum atomic E-state index is 11.9. The molecule has 0 bridgehead atoms. The van der Waals surface area contributed by atoms with Gasteiger partial charge < -0.3 is 19.5 Å². The second-order valence-corrected chi connectivity index (χ2v) is 6.99. The summed E-state index contributed by atoms with van der Waals surface area (Å²) in [5.41, 5.74) is 0.483. The molecule has 136 valence electrons. The van der Waals surface area contributed by atoms with E-state index in [4.69, 9.17) is 14.2 Å². The Balaban J connectivity index is 1.50. The number of anilines is 1. The first kappa shape index (κ1) is 18.5. The van der Waals surface area contributed by atoms with Crippen LogP contribution in [0.5, 0.6) is 17.2 Å². The van der Waals surface area contributed by atoms with Crippen LogP contribution in [0.3, 0.4) is 0 Å². The minimum Gasteiger partial charge on any atom is -0.486 e. The molecule has 0 unspecified atom stereocenters. The molecule has 0 aromatic heterocycles. The smallest absolute Gasteiger partial charge is 0.325 e. The van der Waals surface area contributed by atoms with Gasteiger partial charge in [-0.2, -0.15) is 0 Å². The Morgan fingerprint density at radius 2 is 1.81 bits per heavy atom. The van der Waals surface area contributed by atoms with Crippen molar-refractivity contribution in [3.05, 3.63) is 45.3 Å². The van der Waals surface area contributed by atoms with Crippen LogP contribution >= 0.6 is 31.9 Å². The Morgan fingerprint density at radius 1 is 1.04 bits per heavy atom. The zero-order valence-electron chi connectivity index (χ0n) is 13.4. The third kappa shape index (κ3) is 4.89. The molecule has 0 spiro atoms. The molecule has 1 heterocycles. The monoisotopic (exact) mass is 484 g/mol. The lowest BCUT2D eigenvalue weighted by Gasteiger charge is -2.19. The van der Waals surface area contributed by atoms with Gasteiger partial charge in [0.2, 0.25) is 0 Å². The van der Waals surface area contributed by atoms with Crippen LogP contribution in [0.4, 0.5) is 10.5 Å². The molecular weight excluding hydrogens is 472 g/mol. The highest BCUT2D eigenvalue weighted by Crippen LogP contribution is 2.32. The van der Waals surface area contributed by atoms with Crippen LogP contribution in [0.1, 0.15) is 0 Å². The molecule has 1 aliphatic rings. The largest absolute Gasteiger partial charge is 0.486 e. The third-order valence-electron chi connectivity index (χ3n) is 3.31. The van der Waals surface area contributed by atoms with E-state index in [0.717, 1.165) is 4.47 Å². The van der Waals surface area contributed by atoms with Gasteiger partial charge in [-0.15, -0.1) is 0 Å². The fourth-order valence-electron chi connectivity index (χ4n) is 2.18. The average Bonchev–Trinajstić information content (AvgIpc) is 2.60.